The van der Waals surface area contributed by atoms with Crippen molar-refractivity contribution in [2.75, 3.05) is 27.4 Å². The molecule has 3 N–H and O–H groups in total. The standard InChI is InChI=1S/C29H30N4O7/c1-5-39-28(35)26-17(2)31-29(36)32-27(26)18-10-13-23(24(14-18)38-4)40-16-25(34)33-30-15-19-11-12-22(37-3)21-9-7-6-8-20(19)21/h6-15,27H,5,16H2,1-4H3,(H,33,34)(H2,31,32,36)/b30-15-/t27-/m1/s1. The minimum atomic E-state index is -0.762. The summed E-state index contributed by atoms with van der Waals surface area (Å²) < 4.78 is 21.7. The number of nitrogens with zero attached hydrogens (tertiary/aromatic N) is 1. The van der Waals surface area contributed by atoms with Gasteiger partial charge in [0.25, 0.3) is 5.91 Å². The van der Waals surface area contributed by atoms with Crippen molar-refractivity contribution in [3.63, 3.8) is 0 Å². The van der Waals surface area contributed by atoms with E-state index in [-0.39, 0.29) is 18.8 Å². The van der Waals surface area contributed by atoms with Crippen molar-refractivity contribution in [2.45, 2.75) is 19.9 Å². The van der Waals surface area contributed by atoms with Crippen molar-refractivity contribution in [3.05, 3.63) is 77.0 Å². The van der Waals surface area contributed by atoms with Crippen molar-refractivity contribution < 1.29 is 33.3 Å². The minimum absolute atomic E-state index is 0.190. The molecule has 0 unspecified atom stereocenters. The van der Waals surface area contributed by atoms with Gasteiger partial charge >= 0.3 is 12.0 Å². The molecule has 3 aromatic rings. The Kier molecular flexibility index (Phi) is 8.85. The lowest BCUT2D eigenvalue weighted by Crippen LogP contribution is -2.45. The molecule has 11 heteroatoms. The number of carbonyl (C=O) groups excluding carboxylic acids is 3. The lowest BCUT2D eigenvalue weighted by atomic mass is 9.95. The Hall–Kier alpha value is -5.06. The fourth-order valence-electron chi connectivity index (χ4n) is 4.34. The predicted molar refractivity (Wildman–Crippen MR) is 148 cm³/mol. The Balaban J connectivity index is 1.43. The highest BCUT2D eigenvalue weighted by atomic mass is 16.5. The molecule has 1 heterocycles. The number of carbonyl (C=O) groups is 3. The highest BCUT2D eigenvalue weighted by Gasteiger charge is 2.32. The van der Waals surface area contributed by atoms with Crippen LogP contribution in [0.1, 0.15) is 31.0 Å². The maximum absolute atomic E-state index is 12.6. The molecule has 1 aliphatic rings. The number of hydrogen-bond donors (Lipinski definition) is 3. The largest absolute Gasteiger partial charge is 0.496 e. The van der Waals surface area contributed by atoms with E-state index < -0.39 is 23.9 Å². The Labute approximate surface area is 231 Å². The van der Waals surface area contributed by atoms with Gasteiger partial charge in [-0.2, -0.15) is 5.10 Å². The van der Waals surface area contributed by atoms with E-state index in [1.807, 2.05) is 36.4 Å². The molecule has 1 atom stereocenters. The minimum Gasteiger partial charge on any atom is -0.496 e. The van der Waals surface area contributed by atoms with Crippen LogP contribution in [0.25, 0.3) is 10.8 Å². The van der Waals surface area contributed by atoms with E-state index in [9.17, 15) is 14.4 Å². The summed E-state index contributed by atoms with van der Waals surface area (Å²) in [4.78, 5) is 37.1. The molecule has 208 valence electrons. The Morgan fingerprint density at radius 1 is 1.00 bits per heavy atom. The number of fused-ring (bicyclic) bond motifs is 1. The van der Waals surface area contributed by atoms with E-state index in [0.717, 1.165) is 22.1 Å². The van der Waals surface area contributed by atoms with Gasteiger partial charge in [-0.05, 0) is 49.1 Å². The number of hydrogen-bond acceptors (Lipinski definition) is 8. The number of nitrogens with one attached hydrogen (secondary N) is 3. The highest BCUT2D eigenvalue weighted by Crippen LogP contribution is 2.34. The summed E-state index contributed by atoms with van der Waals surface area (Å²) in [5, 5.41) is 11.3. The first-order valence-electron chi connectivity index (χ1n) is 12.5. The first-order chi connectivity index (χ1) is 19.4. The molecule has 0 saturated carbocycles. The third-order valence-corrected chi connectivity index (χ3v) is 6.17. The molecule has 0 bridgehead atoms. The van der Waals surface area contributed by atoms with E-state index in [4.69, 9.17) is 18.9 Å². The topological polar surface area (TPSA) is 137 Å². The average molecular weight is 547 g/mol. The van der Waals surface area contributed by atoms with Crippen LogP contribution < -0.4 is 30.3 Å². The maximum Gasteiger partial charge on any atom is 0.338 e. The van der Waals surface area contributed by atoms with Crippen molar-refractivity contribution in [1.82, 2.24) is 16.1 Å². The summed E-state index contributed by atoms with van der Waals surface area (Å²) in [6.45, 7) is 3.20. The molecule has 1 aliphatic heterocycles. The molecule has 0 radical (unpaired) electrons. The lowest BCUT2D eigenvalue weighted by molar-refractivity contribution is -0.139. The van der Waals surface area contributed by atoms with Gasteiger partial charge in [-0.1, -0.05) is 30.3 Å². The second kappa shape index (κ2) is 12.7. The molecule has 3 amide bonds. The molecule has 0 aromatic heterocycles. The zero-order chi connectivity index (χ0) is 28.6. The van der Waals surface area contributed by atoms with Crippen molar-refractivity contribution >= 4 is 34.9 Å². The first-order valence-corrected chi connectivity index (χ1v) is 12.5. The van der Waals surface area contributed by atoms with Gasteiger partial charge in [0.05, 0.1) is 38.7 Å². The normalized spacial score (nSPS) is 14.9. The van der Waals surface area contributed by atoms with E-state index in [2.05, 4.69) is 21.2 Å². The number of methoxy groups -OCH3 is 2. The number of ether oxygens (including phenoxy) is 4. The van der Waals surface area contributed by atoms with Crippen LogP contribution >= 0.6 is 0 Å². The van der Waals surface area contributed by atoms with Crippen LogP contribution in [0.2, 0.25) is 0 Å². The quantitative estimate of drug-likeness (QED) is 0.201. The third-order valence-electron chi connectivity index (χ3n) is 6.17. The zero-order valence-electron chi connectivity index (χ0n) is 22.6. The summed E-state index contributed by atoms with van der Waals surface area (Å²) in [6, 6.07) is 15.1. The van der Waals surface area contributed by atoms with Gasteiger partial charge < -0.3 is 29.6 Å². The molecule has 0 aliphatic carbocycles. The third kappa shape index (κ3) is 6.15. The Bertz CT molecular complexity index is 1500. The maximum atomic E-state index is 12.6. The fourth-order valence-corrected chi connectivity index (χ4v) is 4.34. The van der Waals surface area contributed by atoms with Gasteiger partial charge in [0, 0.05) is 16.6 Å². The van der Waals surface area contributed by atoms with Crippen LogP contribution in [0.3, 0.4) is 0 Å². The molecular weight excluding hydrogens is 516 g/mol. The number of benzene rings is 3. The lowest BCUT2D eigenvalue weighted by Gasteiger charge is -2.28. The van der Waals surface area contributed by atoms with E-state index in [0.29, 0.717) is 22.8 Å². The molecule has 3 aromatic carbocycles. The Morgan fingerprint density at radius 3 is 2.45 bits per heavy atom. The zero-order valence-corrected chi connectivity index (χ0v) is 22.6. The van der Waals surface area contributed by atoms with E-state index in [1.54, 1.807) is 45.4 Å². The fraction of sp³-hybridized carbons (Fsp3) is 0.241. The average Bonchev–Trinajstić information content (AvgIpc) is 2.95. The van der Waals surface area contributed by atoms with Gasteiger partial charge in [0.1, 0.15) is 5.75 Å². The predicted octanol–water partition coefficient (Wildman–Crippen LogP) is 3.58. The first kappa shape index (κ1) is 28.0. The number of urea groups is 1. The van der Waals surface area contributed by atoms with Gasteiger partial charge in [0.15, 0.2) is 18.1 Å². The molecule has 4 rings (SSSR count). The van der Waals surface area contributed by atoms with Crippen molar-refractivity contribution in [2.24, 2.45) is 5.10 Å². The Morgan fingerprint density at radius 2 is 1.73 bits per heavy atom. The summed E-state index contributed by atoms with van der Waals surface area (Å²) in [7, 11) is 3.06. The van der Waals surface area contributed by atoms with E-state index in [1.165, 1.54) is 7.11 Å². The van der Waals surface area contributed by atoms with Crippen LogP contribution in [0.5, 0.6) is 17.2 Å². The van der Waals surface area contributed by atoms with Crippen molar-refractivity contribution in [1.29, 1.82) is 0 Å². The SMILES string of the molecule is CCOC(=O)C1=C(C)NC(=O)N[C@@H]1c1ccc(OCC(=O)N/N=C\c2ccc(OC)c3ccccc23)c(OC)c1. The number of amides is 3. The molecule has 0 fully saturated rings. The van der Waals surface area contributed by atoms with Crippen molar-refractivity contribution in [3.8, 4) is 17.2 Å². The van der Waals surface area contributed by atoms with Gasteiger partial charge in [-0.3, -0.25) is 4.79 Å². The van der Waals surface area contributed by atoms with Crippen LogP contribution in [0, 0.1) is 0 Å². The number of allylic oxidation sites excluding steroid dienone is 1. The molecular formula is C29H30N4O7. The summed E-state index contributed by atoms with van der Waals surface area (Å²) in [5.74, 6) is 0.332. The molecule has 11 nitrogen and oxygen atoms in total. The summed E-state index contributed by atoms with van der Waals surface area (Å²) in [6.07, 6.45) is 1.55. The van der Waals surface area contributed by atoms with Gasteiger partial charge in [-0.25, -0.2) is 15.0 Å². The van der Waals surface area contributed by atoms with Gasteiger partial charge in [0.2, 0.25) is 0 Å². The number of rotatable bonds is 10. The van der Waals surface area contributed by atoms with Crippen LogP contribution in [-0.2, 0) is 14.3 Å². The molecule has 0 saturated heterocycles. The second-order valence-corrected chi connectivity index (χ2v) is 8.69. The summed E-state index contributed by atoms with van der Waals surface area (Å²) in [5.41, 5.74) is 4.51. The molecule has 0 spiro atoms. The number of hydrazone groups is 1. The molecule has 40 heavy (non-hydrogen) atoms. The van der Waals surface area contributed by atoms with E-state index >= 15 is 0 Å². The van der Waals surface area contributed by atoms with Crippen LogP contribution in [-0.4, -0.2) is 51.6 Å². The summed E-state index contributed by atoms with van der Waals surface area (Å²) >= 11 is 0. The monoisotopic (exact) mass is 546 g/mol. The highest BCUT2D eigenvalue weighted by molar-refractivity contribution is 6.02. The van der Waals surface area contributed by atoms with Crippen LogP contribution in [0.15, 0.2) is 71.0 Å². The smallest absolute Gasteiger partial charge is 0.338 e. The van der Waals surface area contributed by atoms with Crippen LogP contribution in [0.4, 0.5) is 4.79 Å². The number of esters is 1. The second-order valence-electron chi connectivity index (χ2n) is 8.69. The van der Waals surface area contributed by atoms with Gasteiger partial charge in [-0.15, -0.1) is 0 Å².